The molecule has 0 radical (unpaired) electrons. The molecule has 1 N–H and O–H groups in total. The van der Waals surface area contributed by atoms with Crippen LogP contribution in [0.25, 0.3) is 11.0 Å². The van der Waals surface area contributed by atoms with Gasteiger partial charge in [-0.25, -0.2) is 4.98 Å². The number of hydrogen-bond acceptors (Lipinski definition) is 3. The first-order valence-electron chi connectivity index (χ1n) is 12.7. The molecule has 0 atom stereocenters. The van der Waals surface area contributed by atoms with E-state index >= 15 is 0 Å². The number of nitrogens with zero attached hydrogens (tertiary/aromatic N) is 2. The number of amides is 1. The SMILES string of the molecule is Cc1ccc(OCCCn2c(CCCCCNC(=O)c3ccccc3Cl)nc3ccccc32)cc1C. The molecule has 0 spiro atoms. The molecule has 4 rings (SSSR count). The number of nitrogens with one attached hydrogen (secondary N) is 1. The van der Waals surface area contributed by atoms with Crippen molar-refractivity contribution in [1.29, 1.82) is 0 Å². The summed E-state index contributed by atoms with van der Waals surface area (Å²) in [6.45, 7) is 6.39. The Morgan fingerprint density at radius 2 is 1.75 bits per heavy atom. The monoisotopic (exact) mass is 503 g/mol. The molecule has 0 saturated carbocycles. The zero-order chi connectivity index (χ0) is 25.3. The number of ether oxygens (including phenoxy) is 1. The van der Waals surface area contributed by atoms with Crippen LogP contribution in [-0.4, -0.2) is 28.6 Å². The minimum Gasteiger partial charge on any atom is -0.494 e. The number of unbranched alkanes of at least 4 members (excludes halogenated alkanes) is 2. The fourth-order valence-corrected chi connectivity index (χ4v) is 4.53. The fraction of sp³-hybridized carbons (Fsp3) is 0.333. The zero-order valence-electron chi connectivity index (χ0n) is 21.1. The van der Waals surface area contributed by atoms with Crippen LogP contribution in [0.1, 0.15) is 53.0 Å². The smallest absolute Gasteiger partial charge is 0.252 e. The first-order valence-corrected chi connectivity index (χ1v) is 13.1. The van der Waals surface area contributed by atoms with Crippen molar-refractivity contribution in [3.05, 3.63) is 94.3 Å². The third-order valence-corrected chi connectivity index (χ3v) is 6.82. The van der Waals surface area contributed by atoms with Gasteiger partial charge in [0.05, 0.1) is 28.2 Å². The van der Waals surface area contributed by atoms with Crippen molar-refractivity contribution in [1.82, 2.24) is 14.9 Å². The van der Waals surface area contributed by atoms with Gasteiger partial charge >= 0.3 is 0 Å². The maximum absolute atomic E-state index is 12.3. The molecule has 0 aliphatic carbocycles. The van der Waals surface area contributed by atoms with Crippen LogP contribution >= 0.6 is 11.6 Å². The lowest BCUT2D eigenvalue weighted by Crippen LogP contribution is -2.24. The molecule has 6 heteroatoms. The topological polar surface area (TPSA) is 56.1 Å². The Hall–Kier alpha value is -3.31. The van der Waals surface area contributed by atoms with E-state index in [9.17, 15) is 4.79 Å². The van der Waals surface area contributed by atoms with E-state index in [2.05, 4.69) is 54.1 Å². The normalized spacial score (nSPS) is 11.1. The van der Waals surface area contributed by atoms with Crippen molar-refractivity contribution in [2.75, 3.05) is 13.2 Å². The number of carbonyl (C=O) groups is 1. The number of fused-ring (bicyclic) bond motifs is 1. The third-order valence-electron chi connectivity index (χ3n) is 6.49. The van der Waals surface area contributed by atoms with Gasteiger partial charge in [-0.15, -0.1) is 0 Å². The van der Waals surface area contributed by atoms with E-state index in [0.717, 1.165) is 55.7 Å². The summed E-state index contributed by atoms with van der Waals surface area (Å²) in [4.78, 5) is 17.2. The lowest BCUT2D eigenvalue weighted by molar-refractivity contribution is 0.0953. The number of halogens is 1. The maximum atomic E-state index is 12.3. The number of para-hydroxylation sites is 2. The summed E-state index contributed by atoms with van der Waals surface area (Å²) in [5.74, 6) is 1.92. The van der Waals surface area contributed by atoms with Gasteiger partial charge in [0.25, 0.3) is 5.91 Å². The van der Waals surface area contributed by atoms with Crippen LogP contribution in [0, 0.1) is 13.8 Å². The average Bonchev–Trinajstić information content (AvgIpc) is 3.23. The Morgan fingerprint density at radius 1 is 0.944 bits per heavy atom. The van der Waals surface area contributed by atoms with Crippen molar-refractivity contribution < 1.29 is 9.53 Å². The average molecular weight is 504 g/mol. The molecule has 4 aromatic rings. The predicted octanol–water partition coefficient (Wildman–Crippen LogP) is 6.92. The van der Waals surface area contributed by atoms with Crippen molar-refractivity contribution >= 4 is 28.5 Å². The lowest BCUT2D eigenvalue weighted by Gasteiger charge is -2.11. The summed E-state index contributed by atoms with van der Waals surface area (Å²) in [7, 11) is 0. The van der Waals surface area contributed by atoms with Crippen LogP contribution in [0.2, 0.25) is 5.02 Å². The molecule has 0 aliphatic rings. The summed E-state index contributed by atoms with van der Waals surface area (Å²) in [5.41, 5.74) is 5.26. The molecule has 1 amide bonds. The van der Waals surface area contributed by atoms with Gasteiger partial charge in [-0.3, -0.25) is 4.79 Å². The number of aromatic nitrogens is 2. The summed E-state index contributed by atoms with van der Waals surface area (Å²) in [6.07, 6.45) is 4.77. The molecular weight excluding hydrogens is 470 g/mol. The molecule has 0 aliphatic heterocycles. The first-order chi connectivity index (χ1) is 17.5. The Bertz CT molecular complexity index is 1310. The molecule has 36 heavy (non-hydrogen) atoms. The van der Waals surface area contributed by atoms with Gasteiger partial charge in [-0.1, -0.05) is 48.4 Å². The minimum absolute atomic E-state index is 0.120. The second-order valence-corrected chi connectivity index (χ2v) is 9.57. The van der Waals surface area contributed by atoms with Gasteiger partial charge < -0.3 is 14.6 Å². The van der Waals surface area contributed by atoms with Gasteiger partial charge in [0, 0.05) is 19.5 Å². The van der Waals surface area contributed by atoms with Crippen molar-refractivity contribution in [2.24, 2.45) is 0 Å². The number of benzene rings is 3. The summed E-state index contributed by atoms with van der Waals surface area (Å²) < 4.78 is 8.33. The second-order valence-electron chi connectivity index (χ2n) is 9.16. The van der Waals surface area contributed by atoms with Crippen molar-refractivity contribution in [3.8, 4) is 5.75 Å². The molecule has 0 bridgehead atoms. The highest BCUT2D eigenvalue weighted by Crippen LogP contribution is 2.20. The number of hydrogen-bond donors (Lipinski definition) is 1. The maximum Gasteiger partial charge on any atom is 0.252 e. The van der Waals surface area contributed by atoms with E-state index in [1.807, 2.05) is 24.3 Å². The quantitative estimate of drug-likeness (QED) is 0.213. The Balaban J connectivity index is 1.25. The van der Waals surface area contributed by atoms with Crippen LogP contribution in [0.3, 0.4) is 0 Å². The molecular formula is C30H34ClN3O2. The molecule has 0 saturated heterocycles. The fourth-order valence-electron chi connectivity index (χ4n) is 4.31. The highest BCUT2D eigenvalue weighted by atomic mass is 35.5. The molecule has 0 fully saturated rings. The standard InChI is InChI=1S/C30H34ClN3O2/c1-22-16-17-24(21-23(22)2)36-20-10-19-34-28-14-8-7-13-27(28)33-29(34)15-4-3-9-18-32-30(35)25-11-5-6-12-26(25)31/h5-8,11-14,16-17,21H,3-4,9-10,15,18-20H2,1-2H3,(H,32,35). The van der Waals surface area contributed by atoms with E-state index in [-0.39, 0.29) is 5.91 Å². The minimum atomic E-state index is -0.120. The van der Waals surface area contributed by atoms with E-state index in [1.54, 1.807) is 12.1 Å². The number of imidazole rings is 1. The molecule has 1 heterocycles. The predicted molar refractivity (Wildman–Crippen MR) is 147 cm³/mol. The number of rotatable bonds is 12. The summed E-state index contributed by atoms with van der Waals surface area (Å²) in [5, 5.41) is 3.45. The van der Waals surface area contributed by atoms with E-state index in [0.29, 0.717) is 23.7 Å². The van der Waals surface area contributed by atoms with E-state index < -0.39 is 0 Å². The van der Waals surface area contributed by atoms with E-state index in [4.69, 9.17) is 21.3 Å². The molecule has 0 unspecified atom stereocenters. The highest BCUT2D eigenvalue weighted by Gasteiger charge is 2.11. The highest BCUT2D eigenvalue weighted by molar-refractivity contribution is 6.33. The van der Waals surface area contributed by atoms with Crippen LogP contribution in [0.4, 0.5) is 0 Å². The van der Waals surface area contributed by atoms with Crippen LogP contribution < -0.4 is 10.1 Å². The van der Waals surface area contributed by atoms with Gasteiger partial charge in [-0.2, -0.15) is 0 Å². The third kappa shape index (κ3) is 6.67. The Morgan fingerprint density at radius 3 is 2.58 bits per heavy atom. The van der Waals surface area contributed by atoms with Gasteiger partial charge in [0.2, 0.25) is 0 Å². The molecule has 3 aromatic carbocycles. The largest absolute Gasteiger partial charge is 0.494 e. The zero-order valence-corrected chi connectivity index (χ0v) is 21.9. The molecule has 188 valence electrons. The van der Waals surface area contributed by atoms with E-state index in [1.165, 1.54) is 16.6 Å². The number of aryl methyl sites for hydroxylation is 4. The molecule has 1 aromatic heterocycles. The Labute approximate surface area is 218 Å². The van der Waals surface area contributed by atoms with Gasteiger partial charge in [-0.05, 0) is 80.6 Å². The van der Waals surface area contributed by atoms with Gasteiger partial charge in [0.15, 0.2) is 0 Å². The first kappa shape index (κ1) is 25.8. The van der Waals surface area contributed by atoms with Crippen molar-refractivity contribution in [3.63, 3.8) is 0 Å². The summed E-state index contributed by atoms with van der Waals surface area (Å²) >= 11 is 6.11. The van der Waals surface area contributed by atoms with Crippen LogP contribution in [-0.2, 0) is 13.0 Å². The molecule has 5 nitrogen and oxygen atoms in total. The van der Waals surface area contributed by atoms with Crippen LogP contribution in [0.15, 0.2) is 66.7 Å². The number of carbonyl (C=O) groups excluding carboxylic acids is 1. The van der Waals surface area contributed by atoms with Crippen LogP contribution in [0.5, 0.6) is 5.75 Å². The van der Waals surface area contributed by atoms with Gasteiger partial charge in [0.1, 0.15) is 11.6 Å². The Kier molecular flexibility index (Phi) is 9.01. The summed E-state index contributed by atoms with van der Waals surface area (Å²) in [6, 6.07) is 21.7. The lowest BCUT2D eigenvalue weighted by atomic mass is 10.1. The van der Waals surface area contributed by atoms with Crippen molar-refractivity contribution in [2.45, 2.75) is 52.5 Å². The second kappa shape index (κ2) is 12.6.